The Kier molecular flexibility index (Phi) is 6.09. The van der Waals surface area contributed by atoms with Crippen molar-refractivity contribution < 1.29 is 9.53 Å². The van der Waals surface area contributed by atoms with Gasteiger partial charge in [0.15, 0.2) is 0 Å². The maximum Gasteiger partial charge on any atom is 0.243 e. The largest absolute Gasteiger partial charge is 0.494 e. The van der Waals surface area contributed by atoms with Gasteiger partial charge in [0, 0.05) is 16.8 Å². The number of carbonyl (C=O) groups is 1. The maximum absolute atomic E-state index is 12.3. The van der Waals surface area contributed by atoms with E-state index in [2.05, 4.69) is 17.6 Å². The highest BCUT2D eigenvalue weighted by Crippen LogP contribution is 2.23. The fourth-order valence-electron chi connectivity index (χ4n) is 2.71. The van der Waals surface area contributed by atoms with E-state index in [-0.39, 0.29) is 12.5 Å². The van der Waals surface area contributed by atoms with Crippen molar-refractivity contribution in [1.82, 2.24) is 0 Å². The molecule has 0 aromatic heterocycles. The van der Waals surface area contributed by atoms with Crippen LogP contribution in [0.1, 0.15) is 19.8 Å². The van der Waals surface area contributed by atoms with Gasteiger partial charge in [-0.15, -0.1) is 0 Å². The number of unbranched alkanes of at least 4 members (excludes halogenated alkanes) is 1. The maximum atomic E-state index is 12.3. The molecule has 26 heavy (non-hydrogen) atoms. The van der Waals surface area contributed by atoms with Crippen LogP contribution in [0, 0.1) is 0 Å². The van der Waals surface area contributed by atoms with Crippen LogP contribution < -0.4 is 15.4 Å². The minimum atomic E-state index is -0.0791. The molecule has 3 aromatic rings. The highest BCUT2D eigenvalue weighted by Gasteiger charge is 2.05. The number of hydrogen-bond donors (Lipinski definition) is 2. The van der Waals surface area contributed by atoms with Gasteiger partial charge in [0.05, 0.1) is 13.2 Å². The second-order valence-electron chi connectivity index (χ2n) is 6.15. The zero-order valence-electron chi connectivity index (χ0n) is 15.0. The Bertz CT molecular complexity index is 854. The molecule has 0 aliphatic rings. The Morgan fingerprint density at radius 2 is 1.73 bits per heavy atom. The van der Waals surface area contributed by atoms with Gasteiger partial charge < -0.3 is 15.4 Å². The molecule has 0 radical (unpaired) electrons. The van der Waals surface area contributed by atoms with Gasteiger partial charge in [-0.2, -0.15) is 0 Å². The summed E-state index contributed by atoms with van der Waals surface area (Å²) in [7, 11) is 0. The molecule has 0 bridgehead atoms. The SMILES string of the molecule is CCCCOc1ccc(NCC(=O)Nc2cccc3ccccc23)cc1. The summed E-state index contributed by atoms with van der Waals surface area (Å²) in [5, 5.41) is 8.26. The number of carbonyl (C=O) groups excluding carboxylic acids is 1. The molecule has 0 heterocycles. The van der Waals surface area contributed by atoms with Gasteiger partial charge in [-0.3, -0.25) is 4.79 Å². The average Bonchev–Trinajstić information content (AvgIpc) is 2.68. The van der Waals surface area contributed by atoms with Crippen molar-refractivity contribution in [2.24, 2.45) is 0 Å². The number of rotatable bonds is 8. The first-order valence-corrected chi connectivity index (χ1v) is 9.00. The molecule has 0 saturated carbocycles. The molecule has 3 rings (SSSR count). The predicted octanol–water partition coefficient (Wildman–Crippen LogP) is 5.07. The number of nitrogens with one attached hydrogen (secondary N) is 2. The number of benzene rings is 3. The van der Waals surface area contributed by atoms with Crippen molar-refractivity contribution in [1.29, 1.82) is 0 Å². The van der Waals surface area contributed by atoms with Gasteiger partial charge in [-0.25, -0.2) is 0 Å². The topological polar surface area (TPSA) is 50.4 Å². The lowest BCUT2D eigenvalue weighted by Gasteiger charge is -2.11. The first-order valence-electron chi connectivity index (χ1n) is 9.00. The van der Waals surface area contributed by atoms with Crippen molar-refractivity contribution in [2.75, 3.05) is 23.8 Å². The van der Waals surface area contributed by atoms with Crippen molar-refractivity contribution in [2.45, 2.75) is 19.8 Å². The Hall–Kier alpha value is -3.01. The Morgan fingerprint density at radius 3 is 2.54 bits per heavy atom. The molecule has 0 spiro atoms. The summed E-state index contributed by atoms with van der Waals surface area (Å²) in [4.78, 5) is 12.3. The van der Waals surface area contributed by atoms with E-state index in [0.717, 1.165) is 47.3 Å². The molecule has 0 atom stereocenters. The van der Waals surface area contributed by atoms with Gasteiger partial charge in [-0.1, -0.05) is 49.7 Å². The highest BCUT2D eigenvalue weighted by molar-refractivity contribution is 6.03. The number of hydrogen-bond acceptors (Lipinski definition) is 3. The molecule has 4 nitrogen and oxygen atoms in total. The number of ether oxygens (including phenoxy) is 1. The number of amides is 1. The summed E-state index contributed by atoms with van der Waals surface area (Å²) >= 11 is 0. The van der Waals surface area contributed by atoms with E-state index in [1.165, 1.54) is 0 Å². The smallest absolute Gasteiger partial charge is 0.243 e. The van der Waals surface area contributed by atoms with Gasteiger partial charge in [0.2, 0.25) is 5.91 Å². The zero-order valence-corrected chi connectivity index (χ0v) is 15.0. The van der Waals surface area contributed by atoms with Crippen molar-refractivity contribution in [3.05, 3.63) is 66.7 Å². The molecular formula is C22H24N2O2. The van der Waals surface area contributed by atoms with Gasteiger partial charge in [0.1, 0.15) is 5.75 Å². The van der Waals surface area contributed by atoms with Crippen molar-refractivity contribution in [3.63, 3.8) is 0 Å². The van der Waals surface area contributed by atoms with E-state index in [9.17, 15) is 4.79 Å². The molecule has 0 unspecified atom stereocenters. The van der Waals surface area contributed by atoms with Crippen LogP contribution in [0.3, 0.4) is 0 Å². The molecule has 2 N–H and O–H groups in total. The number of anilines is 2. The van der Waals surface area contributed by atoms with E-state index in [1.807, 2.05) is 66.7 Å². The fourth-order valence-corrected chi connectivity index (χ4v) is 2.71. The van der Waals surface area contributed by atoms with E-state index in [0.29, 0.717) is 0 Å². The van der Waals surface area contributed by atoms with Crippen molar-refractivity contribution >= 4 is 28.1 Å². The minimum Gasteiger partial charge on any atom is -0.494 e. The minimum absolute atomic E-state index is 0.0791. The van der Waals surface area contributed by atoms with Crippen LogP contribution in [-0.2, 0) is 4.79 Å². The zero-order chi connectivity index (χ0) is 18.2. The first-order chi connectivity index (χ1) is 12.8. The molecule has 4 heteroatoms. The van der Waals surface area contributed by atoms with Crippen LogP contribution in [0.15, 0.2) is 66.7 Å². The standard InChI is InChI=1S/C22H24N2O2/c1-2-3-15-26-19-13-11-18(12-14-19)23-16-22(25)24-21-10-6-8-17-7-4-5-9-20(17)21/h4-14,23H,2-3,15-16H2,1H3,(H,24,25). The van der Waals surface area contributed by atoms with Gasteiger partial charge >= 0.3 is 0 Å². The van der Waals surface area contributed by atoms with Crippen LogP contribution in [0.25, 0.3) is 10.8 Å². The molecule has 0 aliphatic carbocycles. The summed E-state index contributed by atoms with van der Waals surface area (Å²) in [5.74, 6) is 0.772. The Balaban J connectivity index is 1.54. The third kappa shape index (κ3) is 4.76. The Labute approximate surface area is 154 Å². The molecule has 3 aromatic carbocycles. The summed E-state index contributed by atoms with van der Waals surface area (Å²) < 4.78 is 5.64. The summed E-state index contributed by atoms with van der Waals surface area (Å²) in [6.07, 6.45) is 2.17. The summed E-state index contributed by atoms with van der Waals surface area (Å²) in [5.41, 5.74) is 1.72. The van der Waals surface area contributed by atoms with Gasteiger partial charge in [-0.05, 0) is 42.1 Å². The van der Waals surface area contributed by atoms with Crippen molar-refractivity contribution in [3.8, 4) is 5.75 Å². The normalized spacial score (nSPS) is 10.5. The van der Waals surface area contributed by atoms with Crippen LogP contribution in [0.4, 0.5) is 11.4 Å². The third-order valence-corrected chi connectivity index (χ3v) is 4.14. The predicted molar refractivity (Wildman–Crippen MR) is 108 cm³/mol. The monoisotopic (exact) mass is 348 g/mol. The lowest BCUT2D eigenvalue weighted by atomic mass is 10.1. The summed E-state index contributed by atoms with van der Waals surface area (Å²) in [6, 6.07) is 21.6. The van der Waals surface area contributed by atoms with Crippen LogP contribution in [-0.4, -0.2) is 19.1 Å². The first kappa shape index (κ1) is 17.8. The van der Waals surface area contributed by atoms with E-state index < -0.39 is 0 Å². The Morgan fingerprint density at radius 1 is 0.962 bits per heavy atom. The van der Waals surface area contributed by atoms with Gasteiger partial charge in [0.25, 0.3) is 0 Å². The quantitative estimate of drug-likeness (QED) is 0.559. The van der Waals surface area contributed by atoms with E-state index in [4.69, 9.17) is 4.74 Å². The van der Waals surface area contributed by atoms with Crippen LogP contribution in [0.5, 0.6) is 5.75 Å². The highest BCUT2D eigenvalue weighted by atomic mass is 16.5. The number of fused-ring (bicyclic) bond motifs is 1. The molecular weight excluding hydrogens is 324 g/mol. The summed E-state index contributed by atoms with van der Waals surface area (Å²) in [6.45, 7) is 3.08. The molecule has 0 aliphatic heterocycles. The van der Waals surface area contributed by atoms with E-state index >= 15 is 0 Å². The second-order valence-corrected chi connectivity index (χ2v) is 6.15. The molecule has 0 fully saturated rings. The lowest BCUT2D eigenvalue weighted by molar-refractivity contribution is -0.114. The van der Waals surface area contributed by atoms with Crippen LogP contribution in [0.2, 0.25) is 0 Å². The second kappa shape index (κ2) is 8.90. The molecule has 0 saturated heterocycles. The van der Waals surface area contributed by atoms with Crippen LogP contribution >= 0.6 is 0 Å². The molecule has 1 amide bonds. The lowest BCUT2D eigenvalue weighted by Crippen LogP contribution is -2.21. The van der Waals surface area contributed by atoms with E-state index in [1.54, 1.807) is 0 Å². The average molecular weight is 348 g/mol. The third-order valence-electron chi connectivity index (χ3n) is 4.14. The fraction of sp³-hybridized carbons (Fsp3) is 0.227. The molecule has 134 valence electrons.